The van der Waals surface area contributed by atoms with E-state index in [1.165, 1.54) is 16.9 Å². The number of para-hydroxylation sites is 2. The molecule has 2 aromatic carbocycles. The van der Waals surface area contributed by atoms with Gasteiger partial charge in [0.15, 0.2) is 9.92 Å². The van der Waals surface area contributed by atoms with E-state index in [1.807, 2.05) is 54.6 Å². The van der Waals surface area contributed by atoms with Crippen LogP contribution in [0.5, 0.6) is 0 Å². The maximum Gasteiger partial charge on any atom is 0.226 e. The van der Waals surface area contributed by atoms with Gasteiger partial charge >= 0.3 is 0 Å². The highest BCUT2D eigenvalue weighted by atomic mass is 32.2. The lowest BCUT2D eigenvalue weighted by atomic mass is 10.2. The number of oxazole rings is 1. The summed E-state index contributed by atoms with van der Waals surface area (Å²) in [5, 5.41) is 14.0. The Morgan fingerprint density at radius 3 is 2.59 bits per heavy atom. The van der Waals surface area contributed by atoms with Crippen molar-refractivity contribution in [2.75, 3.05) is 5.32 Å². The summed E-state index contributed by atoms with van der Waals surface area (Å²) in [5.41, 5.74) is 2.60. The second kappa shape index (κ2) is 10.4. The molecule has 0 bridgehead atoms. The summed E-state index contributed by atoms with van der Waals surface area (Å²) < 4.78 is 6.44. The van der Waals surface area contributed by atoms with Gasteiger partial charge in [0.1, 0.15) is 11.6 Å². The van der Waals surface area contributed by atoms with Crippen LogP contribution in [0.25, 0.3) is 11.1 Å². The predicted octanol–water partition coefficient (Wildman–Crippen LogP) is 4.57. The highest BCUT2D eigenvalue weighted by Gasteiger charge is 2.17. The SMILES string of the molecule is CC(NC(=O)CCC(=O)Nc1nnc(SCc2ccccc2)s1)c1nc2ccccc2o1. The summed E-state index contributed by atoms with van der Waals surface area (Å²) in [7, 11) is 0. The molecule has 0 fully saturated rings. The van der Waals surface area contributed by atoms with Crippen molar-refractivity contribution in [3.05, 3.63) is 66.1 Å². The zero-order valence-corrected chi connectivity index (χ0v) is 18.9. The van der Waals surface area contributed by atoms with Crippen LogP contribution >= 0.6 is 23.1 Å². The van der Waals surface area contributed by atoms with Gasteiger partial charge in [-0.15, -0.1) is 10.2 Å². The van der Waals surface area contributed by atoms with Gasteiger partial charge in [0.05, 0.1) is 0 Å². The number of benzene rings is 2. The van der Waals surface area contributed by atoms with Gasteiger partial charge in [-0.05, 0) is 24.6 Å². The number of carbonyl (C=O) groups is 2. The van der Waals surface area contributed by atoms with E-state index in [2.05, 4.69) is 25.8 Å². The van der Waals surface area contributed by atoms with Crippen molar-refractivity contribution in [2.45, 2.75) is 35.9 Å². The predicted molar refractivity (Wildman–Crippen MR) is 124 cm³/mol. The number of thioether (sulfide) groups is 1. The van der Waals surface area contributed by atoms with Crippen LogP contribution in [0.2, 0.25) is 0 Å². The molecule has 2 N–H and O–H groups in total. The molecule has 0 aliphatic rings. The van der Waals surface area contributed by atoms with Gasteiger partial charge in [0, 0.05) is 18.6 Å². The first kappa shape index (κ1) is 22.0. The maximum atomic E-state index is 12.2. The highest BCUT2D eigenvalue weighted by molar-refractivity contribution is 8.00. The Labute approximate surface area is 192 Å². The van der Waals surface area contributed by atoms with Crippen molar-refractivity contribution < 1.29 is 14.0 Å². The third kappa shape index (κ3) is 5.92. The number of hydrogen-bond donors (Lipinski definition) is 2. The molecule has 4 rings (SSSR count). The number of rotatable bonds is 9. The lowest BCUT2D eigenvalue weighted by Crippen LogP contribution is -2.27. The number of aromatic nitrogens is 3. The first-order valence-corrected chi connectivity index (χ1v) is 11.8. The molecule has 32 heavy (non-hydrogen) atoms. The second-order valence-corrected chi connectivity index (χ2v) is 9.20. The fourth-order valence-electron chi connectivity index (χ4n) is 2.90. The van der Waals surface area contributed by atoms with Crippen LogP contribution in [0.4, 0.5) is 5.13 Å². The topological polar surface area (TPSA) is 110 Å². The lowest BCUT2D eigenvalue weighted by molar-refractivity contribution is -0.124. The minimum absolute atomic E-state index is 0.0399. The second-order valence-electron chi connectivity index (χ2n) is 7.00. The minimum atomic E-state index is -0.398. The van der Waals surface area contributed by atoms with E-state index in [0.717, 1.165) is 15.6 Å². The van der Waals surface area contributed by atoms with Gasteiger partial charge in [0.25, 0.3) is 0 Å². The zero-order chi connectivity index (χ0) is 22.3. The summed E-state index contributed by atoms with van der Waals surface area (Å²) in [6.07, 6.45) is 0.0863. The van der Waals surface area contributed by atoms with E-state index < -0.39 is 6.04 Å². The summed E-state index contributed by atoms with van der Waals surface area (Å²) in [6, 6.07) is 17.1. The number of fused-ring (bicyclic) bond motifs is 1. The van der Waals surface area contributed by atoms with E-state index in [0.29, 0.717) is 16.6 Å². The molecule has 1 unspecified atom stereocenters. The van der Waals surface area contributed by atoms with E-state index in [1.54, 1.807) is 18.7 Å². The summed E-state index contributed by atoms with van der Waals surface area (Å²) in [4.78, 5) is 28.8. The largest absolute Gasteiger partial charge is 0.438 e. The smallest absolute Gasteiger partial charge is 0.226 e. The van der Waals surface area contributed by atoms with Gasteiger partial charge in [-0.3, -0.25) is 9.59 Å². The van der Waals surface area contributed by atoms with Gasteiger partial charge in [-0.2, -0.15) is 0 Å². The normalized spacial score (nSPS) is 11.9. The van der Waals surface area contributed by atoms with Crippen molar-refractivity contribution in [1.29, 1.82) is 0 Å². The Morgan fingerprint density at radius 1 is 1.03 bits per heavy atom. The summed E-state index contributed by atoms with van der Waals surface area (Å²) in [6.45, 7) is 1.79. The Kier molecular flexibility index (Phi) is 7.13. The average molecular weight is 468 g/mol. The number of anilines is 1. The first-order valence-electron chi connectivity index (χ1n) is 10.0. The minimum Gasteiger partial charge on any atom is -0.438 e. The van der Waals surface area contributed by atoms with Crippen molar-refractivity contribution in [2.24, 2.45) is 0 Å². The molecule has 0 saturated carbocycles. The fourth-order valence-corrected chi connectivity index (χ4v) is 4.62. The number of nitrogens with zero attached hydrogens (tertiary/aromatic N) is 3. The van der Waals surface area contributed by atoms with Crippen molar-refractivity contribution in [1.82, 2.24) is 20.5 Å². The third-order valence-electron chi connectivity index (χ3n) is 4.50. The van der Waals surface area contributed by atoms with E-state index >= 15 is 0 Å². The number of amides is 2. The Balaban J connectivity index is 1.20. The lowest BCUT2D eigenvalue weighted by Gasteiger charge is -2.10. The fraction of sp³-hybridized carbons (Fsp3) is 0.227. The molecular weight excluding hydrogens is 446 g/mol. The van der Waals surface area contributed by atoms with Crippen molar-refractivity contribution in [3.8, 4) is 0 Å². The molecular formula is C22H21N5O3S2. The molecule has 2 aromatic heterocycles. The van der Waals surface area contributed by atoms with E-state index in [9.17, 15) is 9.59 Å². The maximum absolute atomic E-state index is 12.2. The first-order chi connectivity index (χ1) is 15.6. The van der Waals surface area contributed by atoms with Crippen molar-refractivity contribution >= 4 is 51.1 Å². The molecule has 0 spiro atoms. The Bertz CT molecular complexity index is 1180. The zero-order valence-electron chi connectivity index (χ0n) is 17.3. The van der Waals surface area contributed by atoms with Gasteiger partial charge in [-0.1, -0.05) is 65.6 Å². The molecule has 0 aliphatic carbocycles. The molecule has 4 aromatic rings. The van der Waals surface area contributed by atoms with Crippen LogP contribution in [0.3, 0.4) is 0 Å². The molecule has 164 valence electrons. The monoisotopic (exact) mass is 467 g/mol. The Morgan fingerprint density at radius 2 is 1.78 bits per heavy atom. The number of hydrogen-bond acceptors (Lipinski definition) is 8. The third-order valence-corrected chi connectivity index (χ3v) is 6.54. The molecule has 1 atom stereocenters. The molecule has 2 amide bonds. The van der Waals surface area contributed by atoms with E-state index in [4.69, 9.17) is 4.42 Å². The number of carbonyl (C=O) groups excluding carboxylic acids is 2. The standard InChI is InChI=1S/C22H21N5O3S2/c1-14(20-24-16-9-5-6-10-17(16)30-20)23-18(28)11-12-19(29)25-21-26-27-22(32-21)31-13-15-7-3-2-4-8-15/h2-10,14H,11-13H2,1H3,(H,23,28)(H,25,26,29). The van der Waals surface area contributed by atoms with Gasteiger partial charge in [0.2, 0.25) is 22.8 Å². The van der Waals surface area contributed by atoms with Crippen LogP contribution < -0.4 is 10.6 Å². The van der Waals surface area contributed by atoms with Gasteiger partial charge < -0.3 is 15.1 Å². The van der Waals surface area contributed by atoms with Crippen LogP contribution in [0, 0.1) is 0 Å². The molecule has 8 nitrogen and oxygen atoms in total. The molecule has 10 heteroatoms. The summed E-state index contributed by atoms with van der Waals surface area (Å²) in [5.74, 6) is 0.664. The summed E-state index contributed by atoms with van der Waals surface area (Å²) >= 11 is 2.87. The van der Waals surface area contributed by atoms with E-state index in [-0.39, 0.29) is 24.7 Å². The van der Waals surface area contributed by atoms with Crippen LogP contribution in [0.1, 0.15) is 37.3 Å². The van der Waals surface area contributed by atoms with Crippen LogP contribution in [0.15, 0.2) is 63.4 Å². The quantitative estimate of drug-likeness (QED) is 0.274. The molecule has 2 heterocycles. The molecule has 0 radical (unpaired) electrons. The van der Waals surface area contributed by atoms with Crippen LogP contribution in [-0.4, -0.2) is 27.0 Å². The van der Waals surface area contributed by atoms with Crippen LogP contribution in [-0.2, 0) is 15.3 Å². The van der Waals surface area contributed by atoms with Gasteiger partial charge in [-0.25, -0.2) is 4.98 Å². The molecule has 0 aliphatic heterocycles. The number of nitrogens with one attached hydrogen (secondary N) is 2. The van der Waals surface area contributed by atoms with Crippen molar-refractivity contribution in [3.63, 3.8) is 0 Å². The Hall–Kier alpha value is -3.24. The average Bonchev–Trinajstić information content (AvgIpc) is 3.44. The highest BCUT2D eigenvalue weighted by Crippen LogP contribution is 2.28. The molecule has 0 saturated heterocycles.